The minimum atomic E-state index is 1.05. The highest BCUT2D eigenvalue weighted by Gasteiger charge is 2.03. The molecule has 0 spiro atoms. The van der Waals surface area contributed by atoms with Crippen LogP contribution in [0.3, 0.4) is 0 Å². The lowest BCUT2D eigenvalue weighted by atomic mass is 10.2. The third kappa shape index (κ3) is 5.17. The van der Waals surface area contributed by atoms with E-state index >= 15 is 0 Å². The Hall–Kier alpha value is -1.61. The summed E-state index contributed by atoms with van der Waals surface area (Å²) in [6, 6.07) is 0. The zero-order chi connectivity index (χ0) is 14.8. The fourth-order valence-electron chi connectivity index (χ4n) is 1.73. The van der Waals surface area contributed by atoms with Crippen molar-refractivity contribution in [2.24, 2.45) is 0 Å². The number of rotatable bonds is 4. The molecule has 0 bridgehead atoms. The molecule has 0 radical (unpaired) electrons. The molecule has 0 saturated carbocycles. The van der Waals surface area contributed by atoms with Crippen LogP contribution in [0.5, 0.6) is 0 Å². The number of nitrogens with zero attached hydrogens (tertiary/aromatic N) is 2. The lowest BCUT2D eigenvalue weighted by molar-refractivity contribution is -0.692. The summed E-state index contributed by atoms with van der Waals surface area (Å²) in [5.74, 6) is 0. The number of fused-ring (bicyclic) bond motifs is 1. The average molecular weight is 289 g/mol. The first-order chi connectivity index (χ1) is 9.74. The molecule has 0 saturated heterocycles. The van der Waals surface area contributed by atoms with Crippen LogP contribution >= 0.6 is 11.3 Å². The summed E-state index contributed by atoms with van der Waals surface area (Å²) in [6.07, 6.45) is 17.9. The van der Waals surface area contributed by atoms with Crippen LogP contribution < -0.4 is 4.57 Å². The molecule has 3 heteroatoms. The predicted octanol–water partition coefficient (Wildman–Crippen LogP) is 4.78. The summed E-state index contributed by atoms with van der Waals surface area (Å²) in [6.45, 7) is 9.42. The minimum absolute atomic E-state index is 1.05. The van der Waals surface area contributed by atoms with E-state index in [1.54, 1.807) is 11.3 Å². The molecule has 0 atom stereocenters. The molecule has 0 amide bonds. The van der Waals surface area contributed by atoms with Crippen molar-refractivity contribution < 1.29 is 4.57 Å². The zero-order valence-electron chi connectivity index (χ0n) is 12.9. The summed E-state index contributed by atoms with van der Waals surface area (Å²) in [5.41, 5.74) is 1.38. The predicted molar refractivity (Wildman–Crippen MR) is 89.1 cm³/mol. The average Bonchev–Trinajstić information content (AvgIpc) is 3.05. The Labute approximate surface area is 126 Å². The number of hydrogen-bond donors (Lipinski definition) is 0. The van der Waals surface area contributed by atoms with Crippen molar-refractivity contribution >= 4 is 16.2 Å². The molecule has 0 N–H and O–H groups in total. The molecule has 0 aliphatic rings. The van der Waals surface area contributed by atoms with E-state index < -0.39 is 0 Å². The summed E-state index contributed by atoms with van der Waals surface area (Å²) in [4.78, 5) is 1.31. The molecule has 0 aromatic carbocycles. The van der Waals surface area contributed by atoms with Crippen molar-refractivity contribution in [1.29, 1.82) is 0 Å². The van der Waals surface area contributed by atoms with Crippen molar-refractivity contribution in [1.82, 2.24) is 4.40 Å². The molecule has 0 aliphatic carbocycles. The van der Waals surface area contributed by atoms with E-state index in [0.717, 1.165) is 13.0 Å². The van der Waals surface area contributed by atoms with Crippen molar-refractivity contribution in [3.63, 3.8) is 0 Å². The summed E-state index contributed by atoms with van der Waals surface area (Å²) >= 11 is 1.77. The van der Waals surface area contributed by atoms with E-state index in [0.29, 0.717) is 0 Å². The van der Waals surface area contributed by atoms with Crippen LogP contribution in [-0.4, -0.2) is 4.40 Å². The Balaban J connectivity index is 0.000000200. The Kier molecular flexibility index (Phi) is 7.66. The quantitative estimate of drug-likeness (QED) is 0.565. The fourth-order valence-corrected chi connectivity index (χ4v) is 2.48. The number of aromatic nitrogens is 2. The highest BCUT2D eigenvalue weighted by molar-refractivity contribution is 7.15. The van der Waals surface area contributed by atoms with Crippen LogP contribution in [0.4, 0.5) is 0 Å². The molecule has 20 heavy (non-hydrogen) atoms. The second kappa shape index (κ2) is 9.32. The van der Waals surface area contributed by atoms with Crippen molar-refractivity contribution in [3.05, 3.63) is 60.1 Å². The molecule has 2 heterocycles. The number of imidazole rings is 1. The minimum Gasteiger partial charge on any atom is -0.235 e. The maximum absolute atomic E-state index is 2.17. The first-order valence-corrected chi connectivity index (χ1v) is 8.01. The van der Waals surface area contributed by atoms with Crippen LogP contribution in [0.1, 0.15) is 34.1 Å². The lowest BCUT2D eigenvalue weighted by Crippen LogP contribution is -2.28. The molecule has 2 rings (SSSR count). The number of aryl methyl sites for hydroxylation is 1. The van der Waals surface area contributed by atoms with Crippen LogP contribution in [0.2, 0.25) is 0 Å². The monoisotopic (exact) mass is 289 g/mol. The van der Waals surface area contributed by atoms with Gasteiger partial charge in [-0.25, -0.2) is 4.57 Å². The molecule has 2 nitrogen and oxygen atoms in total. The molecular weight excluding hydrogens is 264 g/mol. The van der Waals surface area contributed by atoms with Gasteiger partial charge in [-0.2, -0.15) is 4.40 Å². The summed E-state index contributed by atoms with van der Waals surface area (Å²) in [7, 11) is 0. The van der Waals surface area contributed by atoms with Gasteiger partial charge in [-0.15, -0.1) is 0 Å². The topological polar surface area (TPSA) is 8.29 Å². The van der Waals surface area contributed by atoms with E-state index in [9.17, 15) is 0 Å². The summed E-state index contributed by atoms with van der Waals surface area (Å²) in [5, 5.41) is 2.09. The van der Waals surface area contributed by atoms with Gasteiger partial charge >= 0.3 is 0 Å². The molecule has 0 unspecified atom stereocenters. The number of thiazole rings is 1. The normalized spacial score (nSPS) is 12.3. The molecule has 0 fully saturated rings. The van der Waals surface area contributed by atoms with Crippen molar-refractivity contribution in [3.8, 4) is 0 Å². The third-order valence-corrected chi connectivity index (χ3v) is 3.69. The Morgan fingerprint density at radius 3 is 2.65 bits per heavy atom. The van der Waals surface area contributed by atoms with Gasteiger partial charge in [0.15, 0.2) is 0 Å². The van der Waals surface area contributed by atoms with Gasteiger partial charge in [-0.1, -0.05) is 48.6 Å². The van der Waals surface area contributed by atoms with Gasteiger partial charge in [0, 0.05) is 5.38 Å². The van der Waals surface area contributed by atoms with Crippen LogP contribution in [0.15, 0.2) is 60.1 Å². The SMILES string of the molecule is CC[n+]1cc2sccn2c1.C\C=C/C=C(\C=C/C)CC. The highest BCUT2D eigenvalue weighted by atomic mass is 32.1. The van der Waals surface area contributed by atoms with E-state index in [-0.39, 0.29) is 0 Å². The Bertz CT molecular complexity index is 556. The molecule has 0 aliphatic heterocycles. The van der Waals surface area contributed by atoms with Gasteiger partial charge < -0.3 is 0 Å². The molecule has 2 aromatic rings. The smallest absolute Gasteiger partial charge is 0.235 e. The maximum atomic E-state index is 2.17. The van der Waals surface area contributed by atoms with Gasteiger partial charge in [-0.3, -0.25) is 0 Å². The maximum Gasteiger partial charge on any atom is 0.249 e. The van der Waals surface area contributed by atoms with Crippen LogP contribution in [-0.2, 0) is 6.54 Å². The Morgan fingerprint density at radius 1 is 1.30 bits per heavy atom. The second-order valence-electron chi connectivity index (χ2n) is 4.34. The van der Waals surface area contributed by atoms with Crippen LogP contribution in [0, 0.1) is 0 Å². The van der Waals surface area contributed by atoms with E-state index in [2.05, 4.69) is 71.2 Å². The van der Waals surface area contributed by atoms with Gasteiger partial charge in [-0.05, 0) is 32.8 Å². The summed E-state index contributed by atoms with van der Waals surface area (Å²) < 4.78 is 4.31. The molecular formula is C17H25N2S+. The third-order valence-electron chi connectivity index (χ3n) is 2.87. The standard InChI is InChI=1S/C10H16.C7H9N2S/c1-4-7-9-10(6-3)8-5-2;1-2-8-5-7-9(6-8)3-4-10-7/h4-5,7-9H,6H2,1-3H3;3-6H,2H2,1H3/q;+1/b7-4-,8-5-,10-9-;. The largest absolute Gasteiger partial charge is 0.249 e. The lowest BCUT2D eigenvalue weighted by Gasteiger charge is -1.91. The molecule has 108 valence electrons. The van der Waals surface area contributed by atoms with E-state index in [1.807, 2.05) is 19.9 Å². The van der Waals surface area contributed by atoms with Crippen molar-refractivity contribution in [2.75, 3.05) is 0 Å². The second-order valence-corrected chi connectivity index (χ2v) is 5.27. The first-order valence-electron chi connectivity index (χ1n) is 7.13. The molecule has 2 aromatic heterocycles. The van der Waals surface area contributed by atoms with Crippen molar-refractivity contribution in [2.45, 2.75) is 40.7 Å². The fraction of sp³-hybridized carbons (Fsp3) is 0.353. The van der Waals surface area contributed by atoms with Gasteiger partial charge in [0.1, 0.15) is 12.4 Å². The Morgan fingerprint density at radius 2 is 2.10 bits per heavy atom. The van der Waals surface area contributed by atoms with E-state index in [4.69, 9.17) is 0 Å². The van der Waals surface area contributed by atoms with Gasteiger partial charge in [0.25, 0.3) is 0 Å². The first kappa shape index (κ1) is 16.4. The van der Waals surface area contributed by atoms with Gasteiger partial charge in [0.2, 0.25) is 11.2 Å². The van der Waals surface area contributed by atoms with Crippen LogP contribution in [0.25, 0.3) is 4.83 Å². The van der Waals surface area contributed by atoms with E-state index in [1.165, 1.54) is 10.4 Å². The zero-order valence-corrected chi connectivity index (χ0v) is 13.7. The van der Waals surface area contributed by atoms with Gasteiger partial charge in [0.05, 0.1) is 6.54 Å². The number of hydrogen-bond acceptors (Lipinski definition) is 1. The number of allylic oxidation sites excluding steroid dienone is 6. The highest BCUT2D eigenvalue weighted by Crippen LogP contribution is 2.07.